The van der Waals surface area contributed by atoms with Gasteiger partial charge in [-0.3, -0.25) is 0 Å². The second-order valence-electron chi connectivity index (χ2n) is 7.47. The van der Waals surface area contributed by atoms with Gasteiger partial charge in [-0.1, -0.05) is 65.9 Å². The Balaban J connectivity index is 1.82. The van der Waals surface area contributed by atoms with Gasteiger partial charge in [0.25, 0.3) is 5.95 Å². The smallest absolute Gasteiger partial charge is 0.236 e. The van der Waals surface area contributed by atoms with Crippen LogP contribution in [0.25, 0.3) is 22.8 Å². The maximum Gasteiger partial charge on any atom is 0.282 e. The number of anilines is 1. The summed E-state index contributed by atoms with van der Waals surface area (Å²) in [7, 11) is 0. The first kappa shape index (κ1) is 17.6. The third-order valence-electron chi connectivity index (χ3n) is 4.92. The molecule has 1 aliphatic rings. The van der Waals surface area contributed by atoms with E-state index in [0.717, 1.165) is 11.1 Å². The molecule has 2 heterocycles. The minimum absolute atomic E-state index is 0.321. The first-order chi connectivity index (χ1) is 12.9. The highest BCUT2D eigenvalue weighted by Crippen LogP contribution is 2.39. The molecule has 0 N–H and O–H groups in total. The molecular formula is C21H22N4O2. The molecule has 1 saturated heterocycles. The van der Waals surface area contributed by atoms with E-state index in [0.29, 0.717) is 17.6 Å². The second-order valence-corrected chi connectivity index (χ2v) is 7.47. The van der Waals surface area contributed by atoms with Crippen LogP contribution in [0, 0.1) is 0 Å². The van der Waals surface area contributed by atoms with Crippen molar-refractivity contribution in [2.45, 2.75) is 38.9 Å². The summed E-state index contributed by atoms with van der Waals surface area (Å²) < 4.78 is 0. The van der Waals surface area contributed by atoms with Crippen molar-refractivity contribution in [3.05, 3.63) is 60.7 Å². The molecule has 0 saturated carbocycles. The first-order valence-electron chi connectivity index (χ1n) is 8.91. The van der Waals surface area contributed by atoms with Crippen LogP contribution in [0.4, 0.5) is 5.95 Å². The van der Waals surface area contributed by atoms with E-state index in [2.05, 4.69) is 15.0 Å². The van der Waals surface area contributed by atoms with Crippen molar-refractivity contribution in [3.63, 3.8) is 0 Å². The van der Waals surface area contributed by atoms with Crippen LogP contribution in [0.5, 0.6) is 0 Å². The third kappa shape index (κ3) is 3.29. The lowest BCUT2D eigenvalue weighted by Gasteiger charge is -2.26. The zero-order chi connectivity index (χ0) is 19.1. The monoisotopic (exact) mass is 362 g/mol. The molecule has 0 spiro atoms. The Bertz CT molecular complexity index is 869. The molecule has 0 amide bonds. The Morgan fingerprint density at radius 1 is 0.630 bits per heavy atom. The fourth-order valence-electron chi connectivity index (χ4n) is 2.61. The SMILES string of the molecule is CC1(C)ON(c2nc(-c3ccccc3)nc(-c3ccccc3)n2)OC1(C)C. The van der Waals surface area contributed by atoms with E-state index in [1.807, 2.05) is 88.4 Å². The Morgan fingerprint density at radius 2 is 1.04 bits per heavy atom. The van der Waals surface area contributed by atoms with Gasteiger partial charge in [-0.15, -0.1) is 0 Å². The fourth-order valence-corrected chi connectivity index (χ4v) is 2.61. The number of hydrogen-bond acceptors (Lipinski definition) is 6. The minimum Gasteiger partial charge on any atom is -0.236 e. The van der Waals surface area contributed by atoms with Gasteiger partial charge in [0.05, 0.1) is 0 Å². The van der Waals surface area contributed by atoms with E-state index in [9.17, 15) is 0 Å². The zero-order valence-corrected chi connectivity index (χ0v) is 15.9. The van der Waals surface area contributed by atoms with Crippen LogP contribution in [0.2, 0.25) is 0 Å². The maximum atomic E-state index is 5.99. The van der Waals surface area contributed by atoms with Gasteiger partial charge in [-0.2, -0.15) is 9.97 Å². The zero-order valence-electron chi connectivity index (χ0n) is 15.9. The number of hydrogen-bond donors (Lipinski definition) is 0. The summed E-state index contributed by atoms with van der Waals surface area (Å²) in [6, 6.07) is 19.6. The number of aromatic nitrogens is 3. The van der Waals surface area contributed by atoms with Gasteiger partial charge < -0.3 is 0 Å². The van der Waals surface area contributed by atoms with Crippen LogP contribution in [0.1, 0.15) is 27.7 Å². The molecule has 1 fully saturated rings. The summed E-state index contributed by atoms with van der Waals surface area (Å²) in [5, 5.41) is 1.31. The Hall–Kier alpha value is -2.83. The average molecular weight is 362 g/mol. The summed E-state index contributed by atoms with van der Waals surface area (Å²) in [6.45, 7) is 7.91. The lowest BCUT2D eigenvalue weighted by molar-refractivity contribution is -0.0312. The van der Waals surface area contributed by atoms with E-state index in [-0.39, 0.29) is 0 Å². The normalized spacial score (nSPS) is 17.9. The molecule has 27 heavy (non-hydrogen) atoms. The molecule has 1 aliphatic heterocycles. The number of nitrogens with zero attached hydrogens (tertiary/aromatic N) is 4. The first-order valence-corrected chi connectivity index (χ1v) is 8.91. The maximum absolute atomic E-state index is 5.99. The molecule has 3 aromatic rings. The van der Waals surface area contributed by atoms with Crippen LogP contribution in [-0.2, 0) is 9.68 Å². The lowest BCUT2D eigenvalue weighted by Crippen LogP contribution is -2.41. The molecule has 4 rings (SSSR count). The van der Waals surface area contributed by atoms with Crippen molar-refractivity contribution in [3.8, 4) is 22.8 Å². The molecule has 138 valence electrons. The van der Waals surface area contributed by atoms with E-state index >= 15 is 0 Å². The molecule has 0 aliphatic carbocycles. The highest BCUT2D eigenvalue weighted by Gasteiger charge is 2.51. The number of benzene rings is 2. The Morgan fingerprint density at radius 3 is 1.44 bits per heavy atom. The van der Waals surface area contributed by atoms with Crippen molar-refractivity contribution < 1.29 is 9.68 Å². The molecule has 0 atom stereocenters. The largest absolute Gasteiger partial charge is 0.282 e. The number of rotatable bonds is 3. The molecule has 0 unspecified atom stereocenters. The molecular weight excluding hydrogens is 340 g/mol. The fraction of sp³-hybridized carbons (Fsp3) is 0.286. The van der Waals surface area contributed by atoms with Crippen molar-refractivity contribution >= 4 is 5.95 Å². The highest BCUT2D eigenvalue weighted by atomic mass is 17.0. The molecule has 1 aromatic heterocycles. The summed E-state index contributed by atoms with van der Waals surface area (Å²) in [5.41, 5.74) is 0.742. The standard InChI is InChI=1S/C21H22N4O2/c1-20(2)21(3,4)27-25(26-20)19-23-17(15-11-7-5-8-12-15)22-18(24-19)16-13-9-6-10-14-16/h5-14H,1-4H3. The Labute approximate surface area is 158 Å². The Kier molecular flexibility index (Phi) is 4.17. The predicted molar refractivity (Wildman–Crippen MR) is 104 cm³/mol. The van der Waals surface area contributed by atoms with Crippen molar-refractivity contribution in [2.24, 2.45) is 0 Å². The van der Waals surface area contributed by atoms with Gasteiger partial charge in [-0.05, 0) is 27.7 Å². The van der Waals surface area contributed by atoms with E-state index in [1.165, 1.54) is 5.23 Å². The molecule has 6 heteroatoms. The van der Waals surface area contributed by atoms with Crippen molar-refractivity contribution in [2.75, 3.05) is 5.23 Å². The van der Waals surface area contributed by atoms with Gasteiger partial charge in [0.1, 0.15) is 11.2 Å². The van der Waals surface area contributed by atoms with E-state index < -0.39 is 11.2 Å². The summed E-state index contributed by atoms with van der Waals surface area (Å²) in [5.74, 6) is 1.45. The van der Waals surface area contributed by atoms with Crippen LogP contribution in [-0.4, -0.2) is 26.2 Å². The minimum atomic E-state index is -0.528. The topological polar surface area (TPSA) is 60.4 Å². The van der Waals surface area contributed by atoms with E-state index in [4.69, 9.17) is 9.68 Å². The quantitative estimate of drug-likeness (QED) is 0.686. The summed E-state index contributed by atoms with van der Waals surface area (Å²) in [6.07, 6.45) is 0. The van der Waals surface area contributed by atoms with Gasteiger partial charge in [0, 0.05) is 11.1 Å². The van der Waals surface area contributed by atoms with Gasteiger partial charge in [0.15, 0.2) is 11.6 Å². The van der Waals surface area contributed by atoms with Crippen LogP contribution in [0.15, 0.2) is 60.7 Å². The average Bonchev–Trinajstić information content (AvgIpc) is 2.90. The molecule has 0 radical (unpaired) electrons. The predicted octanol–water partition coefficient (Wildman–Crippen LogP) is 4.45. The van der Waals surface area contributed by atoms with Gasteiger partial charge >= 0.3 is 0 Å². The molecule has 2 aromatic carbocycles. The van der Waals surface area contributed by atoms with Gasteiger partial charge in [0.2, 0.25) is 0 Å². The molecule has 6 nitrogen and oxygen atoms in total. The van der Waals surface area contributed by atoms with E-state index in [1.54, 1.807) is 0 Å². The summed E-state index contributed by atoms with van der Waals surface area (Å²) in [4.78, 5) is 25.8. The summed E-state index contributed by atoms with van der Waals surface area (Å²) >= 11 is 0. The second kappa shape index (κ2) is 6.40. The van der Waals surface area contributed by atoms with Crippen LogP contribution in [0.3, 0.4) is 0 Å². The highest BCUT2D eigenvalue weighted by molar-refractivity contribution is 5.62. The van der Waals surface area contributed by atoms with Crippen molar-refractivity contribution in [1.82, 2.24) is 15.0 Å². The third-order valence-corrected chi connectivity index (χ3v) is 4.92. The van der Waals surface area contributed by atoms with Gasteiger partial charge in [-0.25, -0.2) is 14.7 Å². The van der Waals surface area contributed by atoms with Crippen molar-refractivity contribution in [1.29, 1.82) is 0 Å². The molecule has 0 bridgehead atoms. The van der Waals surface area contributed by atoms with Crippen LogP contribution >= 0.6 is 0 Å². The lowest BCUT2D eigenvalue weighted by atomic mass is 9.90. The van der Waals surface area contributed by atoms with Crippen LogP contribution < -0.4 is 5.23 Å².